The molecular weight excluding hydrogens is 318 g/mol. The van der Waals surface area contributed by atoms with Gasteiger partial charge < -0.3 is 10.6 Å². The Kier molecular flexibility index (Phi) is 4.02. The number of piperazine rings is 1. The average molecular weight is 337 g/mol. The van der Waals surface area contributed by atoms with Crippen molar-refractivity contribution in [2.24, 2.45) is 5.73 Å². The van der Waals surface area contributed by atoms with Gasteiger partial charge in [-0.15, -0.1) is 15.3 Å². The molecule has 3 aromatic rings. The van der Waals surface area contributed by atoms with Gasteiger partial charge in [-0.25, -0.2) is 0 Å². The summed E-state index contributed by atoms with van der Waals surface area (Å²) in [5, 5.41) is 12.3. The molecule has 0 radical (unpaired) electrons. The molecule has 3 heterocycles. The Bertz CT molecular complexity index is 871. The number of primary amides is 1. The molecule has 2 N–H and O–H groups in total. The topological polar surface area (TPSA) is 92.7 Å². The van der Waals surface area contributed by atoms with Gasteiger partial charge >= 0.3 is 0 Å². The highest BCUT2D eigenvalue weighted by Crippen LogP contribution is 2.23. The highest BCUT2D eigenvalue weighted by molar-refractivity contribution is 5.81. The smallest absolute Gasteiger partial charge is 0.239 e. The zero-order valence-corrected chi connectivity index (χ0v) is 13.7. The number of fused-ring (bicyclic) bond motifs is 1. The maximum Gasteiger partial charge on any atom is 0.239 e. The summed E-state index contributed by atoms with van der Waals surface area (Å²) in [5.41, 5.74) is 7.33. The van der Waals surface area contributed by atoms with Gasteiger partial charge in [0.1, 0.15) is 18.2 Å². The van der Waals surface area contributed by atoms with Crippen LogP contribution in [0.3, 0.4) is 0 Å². The summed E-state index contributed by atoms with van der Waals surface area (Å²) in [6.07, 6.45) is 1.59. The van der Waals surface area contributed by atoms with Crippen molar-refractivity contribution in [2.45, 2.75) is 6.04 Å². The van der Waals surface area contributed by atoms with Crippen molar-refractivity contribution in [3.05, 3.63) is 54.4 Å². The summed E-state index contributed by atoms with van der Waals surface area (Å²) in [4.78, 5) is 16.3. The lowest BCUT2D eigenvalue weighted by Crippen LogP contribution is -2.50. The molecule has 0 saturated carbocycles. The summed E-state index contributed by atoms with van der Waals surface area (Å²) >= 11 is 0. The number of hydrogen-bond donors (Lipinski definition) is 1. The Hall–Kier alpha value is -3.00. The van der Waals surface area contributed by atoms with E-state index in [0.717, 1.165) is 43.2 Å². The monoisotopic (exact) mass is 337 g/mol. The molecule has 1 aliphatic heterocycles. The van der Waals surface area contributed by atoms with E-state index in [0.29, 0.717) is 0 Å². The molecule has 1 aromatic carbocycles. The molecule has 1 aliphatic rings. The number of hydrogen-bond acceptors (Lipinski definition) is 6. The molecule has 4 rings (SSSR count). The zero-order chi connectivity index (χ0) is 17.2. The van der Waals surface area contributed by atoms with E-state index in [1.807, 2.05) is 42.5 Å². The van der Waals surface area contributed by atoms with Crippen molar-refractivity contribution in [3.8, 4) is 0 Å². The van der Waals surface area contributed by atoms with Crippen LogP contribution < -0.4 is 10.6 Å². The Labute approximate surface area is 144 Å². The van der Waals surface area contributed by atoms with Gasteiger partial charge in [0.05, 0.1) is 0 Å². The number of nitrogens with zero attached hydrogens (tertiary/aromatic N) is 6. The van der Waals surface area contributed by atoms with E-state index in [4.69, 9.17) is 5.73 Å². The lowest BCUT2D eigenvalue weighted by Gasteiger charge is -2.38. The highest BCUT2D eigenvalue weighted by Gasteiger charge is 2.29. The van der Waals surface area contributed by atoms with Crippen LogP contribution in [0.25, 0.3) is 5.65 Å². The third-order valence-electron chi connectivity index (χ3n) is 4.54. The van der Waals surface area contributed by atoms with Crippen LogP contribution in [0.5, 0.6) is 0 Å². The molecule has 1 atom stereocenters. The van der Waals surface area contributed by atoms with Crippen molar-refractivity contribution in [1.82, 2.24) is 24.7 Å². The van der Waals surface area contributed by atoms with Crippen LogP contribution in [0.2, 0.25) is 0 Å². The van der Waals surface area contributed by atoms with Gasteiger partial charge in [-0.1, -0.05) is 30.3 Å². The Morgan fingerprint density at radius 2 is 1.80 bits per heavy atom. The molecule has 8 nitrogen and oxygen atoms in total. The van der Waals surface area contributed by atoms with Gasteiger partial charge in [-0.3, -0.25) is 9.69 Å². The summed E-state index contributed by atoms with van der Waals surface area (Å²) in [7, 11) is 0. The second-order valence-electron chi connectivity index (χ2n) is 6.06. The van der Waals surface area contributed by atoms with Crippen LogP contribution in [0, 0.1) is 0 Å². The first-order valence-electron chi connectivity index (χ1n) is 8.23. The Morgan fingerprint density at radius 3 is 2.52 bits per heavy atom. The molecule has 0 aliphatic carbocycles. The Morgan fingerprint density at radius 1 is 1.04 bits per heavy atom. The summed E-state index contributed by atoms with van der Waals surface area (Å²) in [5.74, 6) is 0.561. The lowest BCUT2D eigenvalue weighted by atomic mass is 10.0. The predicted molar refractivity (Wildman–Crippen MR) is 92.9 cm³/mol. The van der Waals surface area contributed by atoms with Crippen LogP contribution in [0.1, 0.15) is 11.6 Å². The average Bonchev–Trinajstić information content (AvgIpc) is 3.11. The first-order valence-corrected chi connectivity index (χ1v) is 8.23. The number of rotatable bonds is 4. The normalized spacial score (nSPS) is 16.9. The molecule has 0 bridgehead atoms. The van der Waals surface area contributed by atoms with Gasteiger partial charge in [0.15, 0.2) is 5.65 Å². The minimum Gasteiger partial charge on any atom is -0.368 e. The van der Waals surface area contributed by atoms with E-state index in [2.05, 4.69) is 25.1 Å². The SMILES string of the molecule is NC(=O)[C@@H](c1ccccc1)N1CCN(c2ccc3nncn3n2)CC1. The lowest BCUT2D eigenvalue weighted by molar-refractivity contribution is -0.123. The molecule has 128 valence electrons. The first kappa shape index (κ1) is 15.5. The number of benzene rings is 1. The van der Waals surface area contributed by atoms with Crippen molar-refractivity contribution in [1.29, 1.82) is 0 Å². The van der Waals surface area contributed by atoms with Crippen molar-refractivity contribution >= 4 is 17.4 Å². The summed E-state index contributed by atoms with van der Waals surface area (Å²) < 4.78 is 1.66. The van der Waals surface area contributed by atoms with Crippen molar-refractivity contribution < 1.29 is 4.79 Å². The van der Waals surface area contributed by atoms with E-state index in [-0.39, 0.29) is 5.91 Å². The maximum atomic E-state index is 12.0. The molecule has 1 amide bonds. The van der Waals surface area contributed by atoms with E-state index < -0.39 is 6.04 Å². The minimum atomic E-state index is -0.392. The second-order valence-corrected chi connectivity index (χ2v) is 6.06. The minimum absolute atomic E-state index is 0.316. The van der Waals surface area contributed by atoms with E-state index >= 15 is 0 Å². The van der Waals surface area contributed by atoms with E-state index in [1.165, 1.54) is 0 Å². The Balaban J connectivity index is 1.49. The van der Waals surface area contributed by atoms with Crippen LogP contribution >= 0.6 is 0 Å². The van der Waals surface area contributed by atoms with Gasteiger partial charge in [0.2, 0.25) is 5.91 Å². The van der Waals surface area contributed by atoms with E-state index in [1.54, 1.807) is 10.8 Å². The fourth-order valence-electron chi connectivity index (χ4n) is 3.29. The second kappa shape index (κ2) is 6.48. The zero-order valence-electron chi connectivity index (χ0n) is 13.7. The van der Waals surface area contributed by atoms with E-state index in [9.17, 15) is 4.79 Å². The molecule has 8 heteroatoms. The van der Waals surface area contributed by atoms with Crippen molar-refractivity contribution in [2.75, 3.05) is 31.1 Å². The number of nitrogens with two attached hydrogens (primary N) is 1. The summed E-state index contributed by atoms with van der Waals surface area (Å²) in [6.45, 7) is 3.03. The van der Waals surface area contributed by atoms with Crippen LogP contribution in [-0.4, -0.2) is 56.8 Å². The largest absolute Gasteiger partial charge is 0.368 e. The standard InChI is InChI=1S/C17H19N7O/c18-17(25)16(13-4-2-1-3-5-13)23-10-8-22(9-11-23)15-7-6-14-20-19-12-24(14)21-15/h1-7,12,16H,8-11H2,(H2,18,25)/t16-/m1/s1. The first-order chi connectivity index (χ1) is 12.2. The van der Waals surface area contributed by atoms with Crippen LogP contribution in [0.4, 0.5) is 5.82 Å². The number of aromatic nitrogens is 4. The third-order valence-corrected chi connectivity index (χ3v) is 4.54. The van der Waals surface area contributed by atoms with Crippen LogP contribution in [0.15, 0.2) is 48.8 Å². The third kappa shape index (κ3) is 3.03. The molecule has 1 fully saturated rings. The number of carbonyl (C=O) groups excluding carboxylic acids is 1. The molecular formula is C17H19N7O. The molecule has 1 saturated heterocycles. The summed E-state index contributed by atoms with van der Waals surface area (Å²) in [6, 6.07) is 13.1. The fourth-order valence-corrected chi connectivity index (χ4v) is 3.29. The van der Waals surface area contributed by atoms with Gasteiger partial charge in [0, 0.05) is 26.2 Å². The molecule has 0 unspecified atom stereocenters. The predicted octanol–water partition coefficient (Wildman–Crippen LogP) is 0.473. The van der Waals surface area contributed by atoms with Crippen LogP contribution in [-0.2, 0) is 4.79 Å². The molecule has 2 aromatic heterocycles. The molecule has 0 spiro atoms. The quantitative estimate of drug-likeness (QED) is 0.744. The number of anilines is 1. The highest BCUT2D eigenvalue weighted by atomic mass is 16.1. The molecule has 25 heavy (non-hydrogen) atoms. The number of amides is 1. The van der Waals surface area contributed by atoms with Gasteiger partial charge in [0.25, 0.3) is 0 Å². The number of carbonyl (C=O) groups is 1. The fraction of sp³-hybridized carbons (Fsp3) is 0.294. The van der Waals surface area contributed by atoms with Gasteiger partial charge in [-0.2, -0.15) is 4.52 Å². The van der Waals surface area contributed by atoms with Gasteiger partial charge in [-0.05, 0) is 17.7 Å². The maximum absolute atomic E-state index is 12.0. The van der Waals surface area contributed by atoms with Crippen molar-refractivity contribution in [3.63, 3.8) is 0 Å².